The maximum Gasteiger partial charge on any atom is 0.255 e. The molecule has 28 heavy (non-hydrogen) atoms. The van der Waals surface area contributed by atoms with E-state index in [0.29, 0.717) is 22.5 Å². The molecule has 4 aromatic carbocycles. The average molecular weight is 366 g/mol. The molecule has 0 bridgehead atoms. The fourth-order valence-corrected chi connectivity index (χ4v) is 3.12. The zero-order chi connectivity index (χ0) is 19.3. The number of carbonyl (C=O) groups excluding carboxylic acids is 2. The molecule has 0 aliphatic rings. The van der Waals surface area contributed by atoms with Crippen molar-refractivity contribution in [3.05, 3.63) is 108 Å². The molecule has 4 nitrogen and oxygen atoms in total. The first kappa shape index (κ1) is 17.5. The third-order valence-corrected chi connectivity index (χ3v) is 4.47. The van der Waals surface area contributed by atoms with Gasteiger partial charge in [0, 0.05) is 16.5 Å². The topological polar surface area (TPSA) is 58.2 Å². The summed E-state index contributed by atoms with van der Waals surface area (Å²) in [5.41, 5.74) is 2.45. The Kier molecular flexibility index (Phi) is 4.85. The summed E-state index contributed by atoms with van der Waals surface area (Å²) in [7, 11) is 0. The molecule has 4 rings (SSSR count). The molecule has 4 heteroatoms. The average Bonchev–Trinajstić information content (AvgIpc) is 2.75. The van der Waals surface area contributed by atoms with Gasteiger partial charge in [-0.1, -0.05) is 60.7 Å². The van der Waals surface area contributed by atoms with Crippen molar-refractivity contribution in [2.75, 3.05) is 10.6 Å². The zero-order valence-corrected chi connectivity index (χ0v) is 15.1. The molecule has 0 saturated carbocycles. The molecule has 2 N–H and O–H groups in total. The second-order valence-corrected chi connectivity index (χ2v) is 6.35. The van der Waals surface area contributed by atoms with Crippen LogP contribution in [0.25, 0.3) is 10.8 Å². The predicted octanol–water partition coefficient (Wildman–Crippen LogP) is 5.34. The Morgan fingerprint density at radius 2 is 0.929 bits per heavy atom. The summed E-state index contributed by atoms with van der Waals surface area (Å²) in [6.07, 6.45) is 0. The lowest BCUT2D eigenvalue weighted by Crippen LogP contribution is -2.14. The van der Waals surface area contributed by atoms with Crippen LogP contribution in [-0.4, -0.2) is 11.8 Å². The minimum atomic E-state index is -0.197. The molecule has 0 spiro atoms. The minimum Gasteiger partial charge on any atom is -0.321 e. The number of fused-ring (bicyclic) bond motifs is 1. The molecule has 0 atom stereocenters. The van der Waals surface area contributed by atoms with Gasteiger partial charge >= 0.3 is 0 Å². The van der Waals surface area contributed by atoms with E-state index in [2.05, 4.69) is 10.6 Å². The highest BCUT2D eigenvalue weighted by atomic mass is 16.2. The van der Waals surface area contributed by atoms with Crippen molar-refractivity contribution in [1.82, 2.24) is 0 Å². The van der Waals surface area contributed by atoms with Crippen LogP contribution >= 0.6 is 0 Å². The smallest absolute Gasteiger partial charge is 0.255 e. The van der Waals surface area contributed by atoms with Gasteiger partial charge in [-0.05, 0) is 41.8 Å². The van der Waals surface area contributed by atoms with Gasteiger partial charge in [0.1, 0.15) is 0 Å². The SMILES string of the molecule is O=C(Nc1cccc2cccc(NC(=O)c3ccccc3)c12)c1ccccc1. The lowest BCUT2D eigenvalue weighted by molar-refractivity contribution is 0.101. The quantitative estimate of drug-likeness (QED) is 0.512. The van der Waals surface area contributed by atoms with Gasteiger partial charge in [0.2, 0.25) is 0 Å². The van der Waals surface area contributed by atoms with E-state index >= 15 is 0 Å². The number of hydrogen-bond donors (Lipinski definition) is 2. The van der Waals surface area contributed by atoms with Crippen LogP contribution in [0.4, 0.5) is 11.4 Å². The molecule has 0 fully saturated rings. The molecule has 0 aliphatic carbocycles. The van der Waals surface area contributed by atoms with Crippen LogP contribution in [0.3, 0.4) is 0 Å². The van der Waals surface area contributed by atoms with Gasteiger partial charge in [-0.2, -0.15) is 0 Å². The molecule has 0 unspecified atom stereocenters. The molecule has 4 aromatic rings. The van der Waals surface area contributed by atoms with E-state index in [4.69, 9.17) is 0 Å². The van der Waals surface area contributed by atoms with E-state index in [1.165, 1.54) is 0 Å². The largest absolute Gasteiger partial charge is 0.321 e. The third kappa shape index (κ3) is 3.62. The Bertz CT molecular complexity index is 1050. The Labute approximate surface area is 162 Å². The van der Waals surface area contributed by atoms with Crippen LogP contribution in [0.15, 0.2) is 97.1 Å². The van der Waals surface area contributed by atoms with Crippen molar-refractivity contribution in [2.45, 2.75) is 0 Å². The molecular weight excluding hydrogens is 348 g/mol. The fourth-order valence-electron chi connectivity index (χ4n) is 3.12. The van der Waals surface area contributed by atoms with E-state index in [1.807, 2.05) is 72.8 Å². The van der Waals surface area contributed by atoms with Gasteiger partial charge < -0.3 is 10.6 Å². The zero-order valence-electron chi connectivity index (χ0n) is 15.1. The second-order valence-electron chi connectivity index (χ2n) is 6.35. The van der Waals surface area contributed by atoms with Gasteiger partial charge in [0.05, 0.1) is 11.4 Å². The third-order valence-electron chi connectivity index (χ3n) is 4.47. The molecule has 0 aromatic heterocycles. The van der Waals surface area contributed by atoms with E-state index in [0.717, 1.165) is 10.8 Å². The summed E-state index contributed by atoms with van der Waals surface area (Å²) >= 11 is 0. The van der Waals surface area contributed by atoms with Gasteiger partial charge in [-0.3, -0.25) is 9.59 Å². The van der Waals surface area contributed by atoms with Crippen LogP contribution in [0.1, 0.15) is 20.7 Å². The standard InChI is InChI=1S/C24H18N2O2/c27-23(18-9-3-1-4-10-18)25-20-15-7-13-17-14-8-16-21(22(17)20)26-24(28)19-11-5-2-6-12-19/h1-16H,(H,25,27)(H,26,28). The molecule has 0 radical (unpaired) electrons. The van der Waals surface area contributed by atoms with Crippen molar-refractivity contribution < 1.29 is 9.59 Å². The first-order valence-corrected chi connectivity index (χ1v) is 8.97. The molecular formula is C24H18N2O2. The molecule has 0 aliphatic heterocycles. The summed E-state index contributed by atoms with van der Waals surface area (Å²) in [4.78, 5) is 25.2. The maximum atomic E-state index is 12.6. The van der Waals surface area contributed by atoms with Crippen molar-refractivity contribution in [2.24, 2.45) is 0 Å². The van der Waals surface area contributed by atoms with Crippen LogP contribution < -0.4 is 10.6 Å². The van der Waals surface area contributed by atoms with Gasteiger partial charge in [0.15, 0.2) is 0 Å². The van der Waals surface area contributed by atoms with Gasteiger partial charge in [-0.15, -0.1) is 0 Å². The normalized spacial score (nSPS) is 10.4. The lowest BCUT2D eigenvalue weighted by Gasteiger charge is -2.14. The monoisotopic (exact) mass is 366 g/mol. The Hall–Kier alpha value is -3.92. The molecule has 0 heterocycles. The molecule has 0 saturated heterocycles. The predicted molar refractivity (Wildman–Crippen MR) is 113 cm³/mol. The summed E-state index contributed by atoms with van der Waals surface area (Å²) in [5, 5.41) is 7.65. The number of hydrogen-bond acceptors (Lipinski definition) is 2. The van der Waals surface area contributed by atoms with E-state index in [1.54, 1.807) is 24.3 Å². The number of amides is 2. The fraction of sp³-hybridized carbons (Fsp3) is 0. The molecule has 2 amide bonds. The first-order chi connectivity index (χ1) is 13.7. The molecule has 136 valence electrons. The van der Waals surface area contributed by atoms with Crippen LogP contribution in [-0.2, 0) is 0 Å². The lowest BCUT2D eigenvalue weighted by atomic mass is 10.1. The Morgan fingerprint density at radius 1 is 0.500 bits per heavy atom. The highest BCUT2D eigenvalue weighted by Crippen LogP contribution is 2.31. The second kappa shape index (κ2) is 7.76. The van der Waals surface area contributed by atoms with Crippen LogP contribution in [0.5, 0.6) is 0 Å². The summed E-state index contributed by atoms with van der Waals surface area (Å²) in [6, 6.07) is 29.4. The minimum absolute atomic E-state index is 0.197. The number of anilines is 2. The van der Waals surface area contributed by atoms with Crippen molar-refractivity contribution >= 4 is 34.0 Å². The van der Waals surface area contributed by atoms with Crippen molar-refractivity contribution in [1.29, 1.82) is 0 Å². The highest BCUT2D eigenvalue weighted by Gasteiger charge is 2.13. The van der Waals surface area contributed by atoms with Crippen LogP contribution in [0, 0.1) is 0 Å². The van der Waals surface area contributed by atoms with E-state index < -0.39 is 0 Å². The number of rotatable bonds is 4. The van der Waals surface area contributed by atoms with Crippen LogP contribution in [0.2, 0.25) is 0 Å². The number of carbonyl (C=O) groups is 2. The summed E-state index contributed by atoms with van der Waals surface area (Å²) in [6.45, 7) is 0. The highest BCUT2D eigenvalue weighted by molar-refractivity contribution is 6.15. The number of nitrogens with one attached hydrogen (secondary N) is 2. The first-order valence-electron chi connectivity index (χ1n) is 8.97. The summed E-state index contributed by atoms with van der Waals surface area (Å²) < 4.78 is 0. The Morgan fingerprint density at radius 3 is 1.36 bits per heavy atom. The van der Waals surface area contributed by atoms with Gasteiger partial charge in [-0.25, -0.2) is 0 Å². The van der Waals surface area contributed by atoms with E-state index in [9.17, 15) is 9.59 Å². The maximum absolute atomic E-state index is 12.6. The Balaban J connectivity index is 1.70. The summed E-state index contributed by atoms with van der Waals surface area (Å²) in [5.74, 6) is -0.394. The van der Waals surface area contributed by atoms with Gasteiger partial charge in [0.25, 0.3) is 11.8 Å². The number of benzene rings is 4. The van der Waals surface area contributed by atoms with Crippen molar-refractivity contribution in [3.63, 3.8) is 0 Å². The van der Waals surface area contributed by atoms with Crippen molar-refractivity contribution in [3.8, 4) is 0 Å². The van der Waals surface area contributed by atoms with E-state index in [-0.39, 0.29) is 11.8 Å².